The number of thioether (sulfide) groups is 1. The summed E-state index contributed by atoms with van der Waals surface area (Å²) in [5, 5.41) is -0.484. The second kappa shape index (κ2) is 6.63. The molecule has 132 valence electrons. The lowest BCUT2D eigenvalue weighted by atomic mass is 10.1. The Hall–Kier alpha value is -2.15. The summed E-state index contributed by atoms with van der Waals surface area (Å²) in [4.78, 5) is 14.0. The zero-order chi connectivity index (χ0) is 18.2. The molecule has 3 rings (SSSR count). The van der Waals surface area contributed by atoms with Gasteiger partial charge in [-0.1, -0.05) is 12.1 Å². The van der Waals surface area contributed by atoms with Crippen LogP contribution in [0, 0.1) is 6.92 Å². The molecule has 25 heavy (non-hydrogen) atoms. The van der Waals surface area contributed by atoms with Crippen molar-refractivity contribution in [2.75, 3.05) is 17.8 Å². The van der Waals surface area contributed by atoms with Gasteiger partial charge in [0, 0.05) is 5.69 Å². The van der Waals surface area contributed by atoms with E-state index in [1.54, 1.807) is 36.3 Å². The topological polar surface area (TPSA) is 29.5 Å². The molecule has 7 heteroatoms. The van der Waals surface area contributed by atoms with Crippen molar-refractivity contribution in [2.24, 2.45) is 0 Å². The van der Waals surface area contributed by atoms with Gasteiger partial charge >= 0.3 is 6.18 Å². The van der Waals surface area contributed by atoms with Gasteiger partial charge in [0.15, 0.2) is 0 Å². The lowest BCUT2D eigenvalue weighted by Crippen LogP contribution is -2.28. The molecule has 1 heterocycles. The summed E-state index contributed by atoms with van der Waals surface area (Å²) in [5.41, 5.74) is 1.25. The first kappa shape index (κ1) is 17.7. The van der Waals surface area contributed by atoms with Gasteiger partial charge < -0.3 is 4.74 Å². The van der Waals surface area contributed by atoms with E-state index in [-0.39, 0.29) is 11.7 Å². The number of alkyl halides is 3. The Labute approximate surface area is 147 Å². The fraction of sp³-hybridized carbons (Fsp3) is 0.278. The number of hydrogen-bond acceptors (Lipinski definition) is 3. The highest BCUT2D eigenvalue weighted by Gasteiger charge is 2.37. The highest BCUT2D eigenvalue weighted by Crippen LogP contribution is 2.44. The Kier molecular flexibility index (Phi) is 4.69. The zero-order valence-electron chi connectivity index (χ0n) is 13.6. The summed E-state index contributed by atoms with van der Waals surface area (Å²) >= 11 is 1.32. The van der Waals surface area contributed by atoms with Crippen molar-refractivity contribution in [3.63, 3.8) is 0 Å². The van der Waals surface area contributed by atoms with Crippen molar-refractivity contribution in [3.8, 4) is 5.75 Å². The van der Waals surface area contributed by atoms with Gasteiger partial charge in [-0.2, -0.15) is 13.2 Å². The molecule has 0 N–H and O–H groups in total. The minimum atomic E-state index is -4.41. The monoisotopic (exact) mass is 367 g/mol. The molecule has 3 nitrogen and oxygen atoms in total. The van der Waals surface area contributed by atoms with Crippen LogP contribution in [0.25, 0.3) is 0 Å². The maximum atomic E-state index is 13.0. The second-order valence-electron chi connectivity index (χ2n) is 5.70. The van der Waals surface area contributed by atoms with E-state index in [0.717, 1.165) is 17.7 Å². The largest absolute Gasteiger partial charge is 0.497 e. The molecule has 1 fully saturated rings. The van der Waals surface area contributed by atoms with Gasteiger partial charge in [0.05, 0.1) is 18.4 Å². The third-order valence-electron chi connectivity index (χ3n) is 4.03. The maximum absolute atomic E-state index is 13.0. The highest BCUT2D eigenvalue weighted by atomic mass is 32.2. The van der Waals surface area contributed by atoms with Crippen molar-refractivity contribution in [1.29, 1.82) is 0 Å². The average Bonchev–Trinajstić information content (AvgIpc) is 2.95. The van der Waals surface area contributed by atoms with Crippen LogP contribution in [-0.4, -0.2) is 18.8 Å². The van der Waals surface area contributed by atoms with E-state index < -0.39 is 17.1 Å². The standard InChI is InChI=1S/C18H16F3NO2S/c1-11-8-14(24-2)6-7-15(11)22-16(23)10-25-17(22)12-4-3-5-13(9-12)18(19,20)21/h3-9,17H,10H2,1-2H3. The van der Waals surface area contributed by atoms with Crippen molar-refractivity contribution >= 4 is 23.4 Å². The molecule has 1 atom stereocenters. The molecule has 2 aromatic rings. The number of aryl methyl sites for hydroxylation is 1. The molecule has 1 aliphatic rings. The van der Waals surface area contributed by atoms with Crippen LogP contribution in [0.5, 0.6) is 5.75 Å². The molecule has 2 aromatic carbocycles. The number of amides is 1. The molecular weight excluding hydrogens is 351 g/mol. The summed E-state index contributed by atoms with van der Waals surface area (Å²) < 4.78 is 44.2. The van der Waals surface area contributed by atoms with E-state index in [9.17, 15) is 18.0 Å². The van der Waals surface area contributed by atoms with Gasteiger partial charge in [0.25, 0.3) is 0 Å². The SMILES string of the molecule is COc1ccc(N2C(=O)CSC2c2cccc(C(F)(F)F)c2)c(C)c1. The summed E-state index contributed by atoms with van der Waals surface area (Å²) in [6.07, 6.45) is -4.41. The fourth-order valence-corrected chi connectivity index (χ4v) is 3.98. The molecule has 1 saturated heterocycles. The van der Waals surface area contributed by atoms with E-state index in [0.29, 0.717) is 17.0 Å². The van der Waals surface area contributed by atoms with Crippen LogP contribution in [0.2, 0.25) is 0 Å². The Morgan fingerprint density at radius 2 is 1.96 bits per heavy atom. The summed E-state index contributed by atoms with van der Waals surface area (Å²) in [7, 11) is 1.55. The minimum absolute atomic E-state index is 0.124. The lowest BCUT2D eigenvalue weighted by Gasteiger charge is -2.26. The van der Waals surface area contributed by atoms with Gasteiger partial charge in [0.2, 0.25) is 5.91 Å². The Morgan fingerprint density at radius 3 is 2.60 bits per heavy atom. The highest BCUT2D eigenvalue weighted by molar-refractivity contribution is 8.00. The van der Waals surface area contributed by atoms with Gasteiger partial charge in [-0.3, -0.25) is 9.69 Å². The van der Waals surface area contributed by atoms with Crippen LogP contribution in [0.3, 0.4) is 0 Å². The fourth-order valence-electron chi connectivity index (χ4n) is 2.82. The van der Waals surface area contributed by atoms with Crippen molar-refractivity contribution < 1.29 is 22.7 Å². The molecular formula is C18H16F3NO2S. The number of halogens is 3. The molecule has 0 radical (unpaired) electrons. The average molecular weight is 367 g/mol. The number of carbonyl (C=O) groups is 1. The molecule has 1 amide bonds. The third kappa shape index (κ3) is 3.46. The number of carbonyl (C=O) groups excluding carboxylic acids is 1. The smallest absolute Gasteiger partial charge is 0.416 e. The summed E-state index contributed by atoms with van der Waals surface area (Å²) in [5.74, 6) is 0.767. The normalized spacial score (nSPS) is 17.9. The first-order valence-corrected chi connectivity index (χ1v) is 8.61. The first-order chi connectivity index (χ1) is 11.8. The number of ether oxygens (including phenoxy) is 1. The van der Waals surface area contributed by atoms with Crippen LogP contribution >= 0.6 is 11.8 Å². The van der Waals surface area contributed by atoms with Crippen molar-refractivity contribution in [2.45, 2.75) is 18.5 Å². The van der Waals surface area contributed by atoms with E-state index in [1.165, 1.54) is 17.8 Å². The number of methoxy groups -OCH3 is 1. The predicted molar refractivity (Wildman–Crippen MR) is 91.9 cm³/mol. The maximum Gasteiger partial charge on any atom is 0.416 e. The van der Waals surface area contributed by atoms with Crippen LogP contribution in [-0.2, 0) is 11.0 Å². The molecule has 0 spiro atoms. The number of anilines is 1. The van der Waals surface area contributed by atoms with Crippen LogP contribution in [0.4, 0.5) is 18.9 Å². The number of hydrogen-bond donors (Lipinski definition) is 0. The molecule has 0 saturated carbocycles. The zero-order valence-corrected chi connectivity index (χ0v) is 14.4. The van der Waals surface area contributed by atoms with Crippen LogP contribution in [0.1, 0.15) is 22.1 Å². The van der Waals surface area contributed by atoms with Gasteiger partial charge in [-0.15, -0.1) is 11.8 Å². The Bertz CT molecular complexity index is 807. The van der Waals surface area contributed by atoms with Gasteiger partial charge in [0.1, 0.15) is 11.1 Å². The summed E-state index contributed by atoms with van der Waals surface area (Å²) in [6, 6.07) is 10.4. The third-order valence-corrected chi connectivity index (χ3v) is 5.24. The molecule has 0 aromatic heterocycles. The molecule has 1 aliphatic heterocycles. The predicted octanol–water partition coefficient (Wildman–Crippen LogP) is 4.80. The van der Waals surface area contributed by atoms with E-state index >= 15 is 0 Å². The lowest BCUT2D eigenvalue weighted by molar-refractivity contribution is -0.137. The van der Waals surface area contributed by atoms with Crippen molar-refractivity contribution in [3.05, 3.63) is 59.2 Å². The van der Waals surface area contributed by atoms with Gasteiger partial charge in [-0.25, -0.2) is 0 Å². The van der Waals surface area contributed by atoms with Gasteiger partial charge in [-0.05, 0) is 48.4 Å². The van der Waals surface area contributed by atoms with Crippen LogP contribution < -0.4 is 9.64 Å². The second-order valence-corrected chi connectivity index (χ2v) is 6.77. The molecule has 0 bridgehead atoms. The van der Waals surface area contributed by atoms with Crippen molar-refractivity contribution in [1.82, 2.24) is 0 Å². The number of rotatable bonds is 3. The number of benzene rings is 2. The molecule has 1 unspecified atom stereocenters. The van der Waals surface area contributed by atoms with E-state index in [4.69, 9.17) is 4.74 Å². The van der Waals surface area contributed by atoms with E-state index in [2.05, 4.69) is 0 Å². The van der Waals surface area contributed by atoms with Crippen LogP contribution in [0.15, 0.2) is 42.5 Å². The Morgan fingerprint density at radius 1 is 1.20 bits per heavy atom. The quantitative estimate of drug-likeness (QED) is 0.780. The molecule has 0 aliphatic carbocycles. The number of nitrogens with zero attached hydrogens (tertiary/aromatic N) is 1. The Balaban J connectivity index is 2.01. The van der Waals surface area contributed by atoms with E-state index in [1.807, 2.05) is 6.92 Å². The first-order valence-electron chi connectivity index (χ1n) is 7.56. The minimum Gasteiger partial charge on any atom is -0.497 e. The summed E-state index contributed by atoms with van der Waals surface area (Å²) in [6.45, 7) is 1.84.